The Labute approximate surface area is 154 Å². The Bertz CT molecular complexity index is 789. The number of thiophene rings is 1. The molecule has 1 heterocycles. The molecule has 0 unspecified atom stereocenters. The predicted octanol–water partition coefficient (Wildman–Crippen LogP) is 5.08. The lowest BCUT2D eigenvalue weighted by atomic mass is 10.0. The Morgan fingerprint density at radius 2 is 1.92 bits per heavy atom. The lowest BCUT2D eigenvalue weighted by Gasteiger charge is -2.19. The molecule has 0 saturated carbocycles. The molecule has 0 amide bonds. The van der Waals surface area contributed by atoms with Crippen molar-refractivity contribution in [3.8, 4) is 10.4 Å². The Hall–Kier alpha value is -2.04. The summed E-state index contributed by atoms with van der Waals surface area (Å²) in [5, 5.41) is 9.64. The molecule has 2 aromatic rings. The molecule has 1 aromatic carbocycles. The van der Waals surface area contributed by atoms with E-state index in [0.717, 1.165) is 25.9 Å². The van der Waals surface area contributed by atoms with Crippen LogP contribution in [0.4, 0.5) is 5.69 Å². The van der Waals surface area contributed by atoms with Gasteiger partial charge in [0, 0.05) is 42.6 Å². The molecule has 0 bridgehead atoms. The third-order valence-electron chi connectivity index (χ3n) is 4.38. The molecular formula is C21H26N2OS. The summed E-state index contributed by atoms with van der Waals surface area (Å²) >= 11 is 1.86. The highest BCUT2D eigenvalue weighted by Crippen LogP contribution is 2.31. The van der Waals surface area contributed by atoms with Crippen molar-refractivity contribution in [1.82, 2.24) is 4.90 Å². The summed E-state index contributed by atoms with van der Waals surface area (Å²) < 4.78 is 0. The molecule has 0 aliphatic heterocycles. The minimum atomic E-state index is 0.411. The van der Waals surface area contributed by atoms with Gasteiger partial charge in [-0.15, -0.1) is 11.3 Å². The first-order valence-corrected chi connectivity index (χ1v) is 9.46. The first-order chi connectivity index (χ1) is 12.0. The first kappa shape index (κ1) is 17.8. The minimum absolute atomic E-state index is 0.411. The van der Waals surface area contributed by atoms with Crippen LogP contribution in [0.1, 0.15) is 17.7 Å². The second-order valence-corrected chi connectivity index (χ2v) is 8.02. The lowest BCUT2D eigenvalue weighted by molar-refractivity contribution is 0.351. The van der Waals surface area contributed by atoms with Crippen LogP contribution in [-0.2, 0) is 6.54 Å². The van der Waals surface area contributed by atoms with Gasteiger partial charge in [-0.1, -0.05) is 17.7 Å². The Morgan fingerprint density at radius 3 is 2.68 bits per heavy atom. The lowest BCUT2D eigenvalue weighted by Crippen LogP contribution is -2.20. The van der Waals surface area contributed by atoms with Crippen LogP contribution < -0.4 is 4.90 Å². The van der Waals surface area contributed by atoms with E-state index in [1.54, 1.807) is 0 Å². The van der Waals surface area contributed by atoms with Gasteiger partial charge < -0.3 is 10.0 Å². The largest absolute Gasteiger partial charge is 0.508 e. The molecule has 1 aromatic heterocycles. The van der Waals surface area contributed by atoms with Crippen molar-refractivity contribution < 1.29 is 5.11 Å². The van der Waals surface area contributed by atoms with E-state index in [-0.39, 0.29) is 0 Å². The summed E-state index contributed by atoms with van der Waals surface area (Å²) in [6.45, 7) is 1.83. The normalized spacial score (nSPS) is 14.4. The molecule has 0 spiro atoms. The van der Waals surface area contributed by atoms with Crippen molar-refractivity contribution in [2.75, 3.05) is 32.6 Å². The van der Waals surface area contributed by atoms with Gasteiger partial charge in [-0.05, 0) is 61.9 Å². The molecule has 0 fully saturated rings. The van der Waals surface area contributed by atoms with E-state index in [2.05, 4.69) is 67.3 Å². The van der Waals surface area contributed by atoms with Gasteiger partial charge in [0.15, 0.2) is 0 Å². The summed E-state index contributed by atoms with van der Waals surface area (Å²) in [6.07, 6.45) is 5.78. The van der Waals surface area contributed by atoms with Crippen molar-refractivity contribution in [3.05, 3.63) is 64.8 Å². The summed E-state index contributed by atoms with van der Waals surface area (Å²) in [7, 11) is 6.28. The van der Waals surface area contributed by atoms with Crippen LogP contribution in [0.5, 0.6) is 0 Å². The zero-order valence-electron chi connectivity index (χ0n) is 15.2. The molecule has 0 radical (unpaired) electrons. The maximum absolute atomic E-state index is 9.64. The fourth-order valence-electron chi connectivity index (χ4n) is 3.09. The van der Waals surface area contributed by atoms with Crippen LogP contribution in [0, 0.1) is 0 Å². The first-order valence-electron chi connectivity index (χ1n) is 8.65. The average Bonchev–Trinajstić information content (AvgIpc) is 3.03. The van der Waals surface area contributed by atoms with E-state index in [1.165, 1.54) is 26.6 Å². The molecule has 0 atom stereocenters. The number of aliphatic hydroxyl groups is 1. The fourth-order valence-corrected chi connectivity index (χ4v) is 4.18. The number of allylic oxidation sites excluding steroid dienone is 2. The van der Waals surface area contributed by atoms with Crippen LogP contribution in [0.2, 0.25) is 0 Å². The molecule has 4 heteroatoms. The SMILES string of the molecule is CN(CC1=CC(O)=CCC1)Cc1ccc(-c2cccc(N(C)C)c2)s1. The second kappa shape index (κ2) is 7.89. The van der Waals surface area contributed by atoms with Crippen LogP contribution in [0.15, 0.2) is 59.9 Å². The third kappa shape index (κ3) is 4.74. The number of likely N-dealkylation sites (N-methyl/N-ethyl adjacent to an activating group) is 1. The van der Waals surface area contributed by atoms with Crippen LogP contribution in [0.25, 0.3) is 10.4 Å². The molecule has 1 aliphatic rings. The molecular weight excluding hydrogens is 328 g/mol. The van der Waals surface area contributed by atoms with Crippen molar-refractivity contribution in [2.45, 2.75) is 19.4 Å². The Balaban J connectivity index is 1.65. The van der Waals surface area contributed by atoms with Crippen LogP contribution in [-0.4, -0.2) is 37.7 Å². The fraction of sp³-hybridized carbons (Fsp3) is 0.333. The number of nitrogens with zero attached hydrogens (tertiary/aromatic N) is 2. The van der Waals surface area contributed by atoms with Gasteiger partial charge in [0.05, 0.1) is 0 Å². The summed E-state index contributed by atoms with van der Waals surface area (Å²) in [4.78, 5) is 7.12. The van der Waals surface area contributed by atoms with Crippen molar-refractivity contribution in [2.24, 2.45) is 0 Å². The van der Waals surface area contributed by atoms with E-state index >= 15 is 0 Å². The topological polar surface area (TPSA) is 26.7 Å². The molecule has 3 nitrogen and oxygen atoms in total. The molecule has 3 rings (SSSR count). The Kier molecular flexibility index (Phi) is 5.61. The number of aliphatic hydroxyl groups excluding tert-OH is 1. The average molecular weight is 355 g/mol. The second-order valence-electron chi connectivity index (χ2n) is 6.85. The van der Waals surface area contributed by atoms with E-state index in [1.807, 2.05) is 23.5 Å². The monoisotopic (exact) mass is 354 g/mol. The third-order valence-corrected chi connectivity index (χ3v) is 5.50. The predicted molar refractivity (Wildman–Crippen MR) is 108 cm³/mol. The van der Waals surface area contributed by atoms with Gasteiger partial charge in [0.1, 0.15) is 5.76 Å². The van der Waals surface area contributed by atoms with E-state index in [4.69, 9.17) is 0 Å². The number of hydrogen-bond acceptors (Lipinski definition) is 4. The summed E-state index contributed by atoms with van der Waals surface area (Å²) in [5.41, 5.74) is 3.80. The zero-order valence-corrected chi connectivity index (χ0v) is 16.0. The van der Waals surface area contributed by atoms with Gasteiger partial charge in [-0.25, -0.2) is 0 Å². The summed E-state index contributed by atoms with van der Waals surface area (Å²) in [5.74, 6) is 0.411. The van der Waals surface area contributed by atoms with Gasteiger partial charge in [-0.3, -0.25) is 4.90 Å². The summed E-state index contributed by atoms with van der Waals surface area (Å²) in [6, 6.07) is 13.1. The highest BCUT2D eigenvalue weighted by Gasteiger charge is 2.10. The van der Waals surface area contributed by atoms with E-state index < -0.39 is 0 Å². The molecule has 1 aliphatic carbocycles. The quantitative estimate of drug-likeness (QED) is 0.784. The Morgan fingerprint density at radius 1 is 1.08 bits per heavy atom. The van der Waals surface area contributed by atoms with Gasteiger partial charge in [0.2, 0.25) is 0 Å². The molecule has 0 saturated heterocycles. The van der Waals surface area contributed by atoms with Crippen molar-refractivity contribution >= 4 is 17.0 Å². The standard InChI is InChI=1S/C21H26N2OS/c1-22(2)18-8-5-7-17(13-18)21-11-10-20(25-21)15-23(3)14-16-6-4-9-19(24)12-16/h5,7-13,24H,4,6,14-15H2,1-3H3. The number of benzene rings is 1. The molecule has 132 valence electrons. The van der Waals surface area contributed by atoms with Crippen molar-refractivity contribution in [1.29, 1.82) is 0 Å². The van der Waals surface area contributed by atoms with E-state index in [0.29, 0.717) is 5.76 Å². The van der Waals surface area contributed by atoms with Gasteiger partial charge >= 0.3 is 0 Å². The number of hydrogen-bond donors (Lipinski definition) is 1. The van der Waals surface area contributed by atoms with Crippen LogP contribution >= 0.6 is 11.3 Å². The smallest absolute Gasteiger partial charge is 0.111 e. The van der Waals surface area contributed by atoms with Crippen LogP contribution in [0.3, 0.4) is 0 Å². The molecule has 25 heavy (non-hydrogen) atoms. The highest BCUT2D eigenvalue weighted by molar-refractivity contribution is 7.15. The zero-order chi connectivity index (χ0) is 17.8. The van der Waals surface area contributed by atoms with Crippen molar-refractivity contribution in [3.63, 3.8) is 0 Å². The van der Waals surface area contributed by atoms with Gasteiger partial charge in [0.25, 0.3) is 0 Å². The number of rotatable bonds is 6. The van der Waals surface area contributed by atoms with E-state index in [9.17, 15) is 5.11 Å². The number of anilines is 1. The maximum atomic E-state index is 9.64. The van der Waals surface area contributed by atoms with Gasteiger partial charge in [-0.2, -0.15) is 0 Å². The minimum Gasteiger partial charge on any atom is -0.508 e. The molecule has 1 N–H and O–H groups in total. The maximum Gasteiger partial charge on any atom is 0.111 e. The highest BCUT2D eigenvalue weighted by atomic mass is 32.1.